The predicted molar refractivity (Wildman–Crippen MR) is 131 cm³/mol. The second-order valence-corrected chi connectivity index (χ2v) is 9.04. The Bertz CT molecular complexity index is 1090. The van der Waals surface area contributed by atoms with Gasteiger partial charge < -0.3 is 15.0 Å². The summed E-state index contributed by atoms with van der Waals surface area (Å²) >= 11 is 1.43. The van der Waals surface area contributed by atoms with Crippen LogP contribution in [-0.2, 0) is 4.79 Å². The molecule has 6 nitrogen and oxygen atoms in total. The van der Waals surface area contributed by atoms with Crippen LogP contribution in [0.4, 0.5) is 0 Å². The maximum Gasteiger partial charge on any atom is 0.270 e. The molecule has 3 aromatic rings. The number of carbonyl (C=O) groups is 2. The van der Waals surface area contributed by atoms with Crippen LogP contribution in [0.1, 0.15) is 48.2 Å². The minimum Gasteiger partial charge on any atom is -0.496 e. The molecule has 2 amide bonds. The fourth-order valence-electron chi connectivity index (χ4n) is 4.29. The lowest BCUT2D eigenvalue weighted by Gasteiger charge is -2.34. The number of piperidine rings is 1. The van der Waals surface area contributed by atoms with E-state index in [0.717, 1.165) is 41.1 Å². The van der Waals surface area contributed by atoms with Crippen LogP contribution in [0.5, 0.6) is 5.75 Å². The number of benzene rings is 2. The van der Waals surface area contributed by atoms with Gasteiger partial charge in [-0.05, 0) is 37.0 Å². The molecule has 0 saturated carbocycles. The van der Waals surface area contributed by atoms with Crippen molar-refractivity contribution in [2.45, 2.75) is 38.1 Å². The summed E-state index contributed by atoms with van der Waals surface area (Å²) in [7, 11) is 1.62. The predicted octanol–water partition coefficient (Wildman–Crippen LogP) is 4.73. The van der Waals surface area contributed by atoms with Gasteiger partial charge in [-0.3, -0.25) is 9.59 Å². The average Bonchev–Trinajstić information content (AvgIpc) is 3.36. The molecule has 1 aliphatic rings. The number of carbonyl (C=O) groups excluding carboxylic acids is 2. The molecule has 2 aromatic carbocycles. The highest BCUT2D eigenvalue weighted by molar-refractivity contribution is 7.13. The molecular formula is C26H29N3O3S. The number of methoxy groups -OCH3 is 1. The molecule has 1 fully saturated rings. The Kier molecular flexibility index (Phi) is 7.40. The molecule has 0 spiro atoms. The van der Waals surface area contributed by atoms with Gasteiger partial charge in [-0.25, -0.2) is 4.98 Å². The Morgan fingerprint density at radius 3 is 2.52 bits per heavy atom. The maximum atomic E-state index is 13.1. The van der Waals surface area contributed by atoms with Crippen molar-refractivity contribution in [2.75, 3.05) is 20.2 Å². The van der Waals surface area contributed by atoms with Crippen molar-refractivity contribution in [3.63, 3.8) is 0 Å². The van der Waals surface area contributed by atoms with Crippen LogP contribution < -0.4 is 10.1 Å². The first kappa shape index (κ1) is 23.0. The summed E-state index contributed by atoms with van der Waals surface area (Å²) in [5.74, 6) is 0.625. The molecule has 1 aromatic heterocycles. The molecule has 7 heteroatoms. The van der Waals surface area contributed by atoms with Gasteiger partial charge in [-0.15, -0.1) is 11.3 Å². The second kappa shape index (κ2) is 10.6. The van der Waals surface area contributed by atoms with Gasteiger partial charge in [0, 0.05) is 24.5 Å². The first-order valence-corrected chi connectivity index (χ1v) is 12.2. The lowest BCUT2D eigenvalue weighted by molar-refractivity contribution is -0.134. The Hall–Kier alpha value is -3.19. The zero-order chi connectivity index (χ0) is 23.2. The molecule has 1 saturated heterocycles. The maximum absolute atomic E-state index is 13.1. The third kappa shape index (κ3) is 5.25. The van der Waals surface area contributed by atoms with E-state index in [4.69, 9.17) is 4.74 Å². The van der Waals surface area contributed by atoms with E-state index in [9.17, 15) is 9.59 Å². The molecular weight excluding hydrogens is 434 g/mol. The van der Waals surface area contributed by atoms with Crippen molar-refractivity contribution in [3.05, 3.63) is 71.2 Å². The number of thiazole rings is 1. The SMILES string of the molecule is CCC(C(=O)N1CCC(NC(=O)c2csc(-c3ccccc3OC)n2)CC1)c1ccccc1. The van der Waals surface area contributed by atoms with Crippen LogP contribution in [0, 0.1) is 0 Å². The van der Waals surface area contributed by atoms with E-state index in [1.54, 1.807) is 12.5 Å². The van der Waals surface area contributed by atoms with E-state index in [0.29, 0.717) is 18.8 Å². The molecule has 4 rings (SSSR count). The van der Waals surface area contributed by atoms with Crippen molar-refractivity contribution >= 4 is 23.2 Å². The summed E-state index contributed by atoms with van der Waals surface area (Å²) < 4.78 is 5.41. The summed E-state index contributed by atoms with van der Waals surface area (Å²) in [6.07, 6.45) is 2.26. The molecule has 1 aliphatic heterocycles. The van der Waals surface area contributed by atoms with Gasteiger partial charge in [0.25, 0.3) is 5.91 Å². The van der Waals surface area contributed by atoms with Crippen molar-refractivity contribution < 1.29 is 14.3 Å². The molecule has 0 aliphatic carbocycles. The fraction of sp³-hybridized carbons (Fsp3) is 0.346. The summed E-state index contributed by atoms with van der Waals surface area (Å²) in [5.41, 5.74) is 2.35. The lowest BCUT2D eigenvalue weighted by atomic mass is 9.93. The van der Waals surface area contributed by atoms with Gasteiger partial charge in [-0.2, -0.15) is 0 Å². The van der Waals surface area contributed by atoms with Crippen LogP contribution in [0.15, 0.2) is 60.0 Å². The minimum absolute atomic E-state index is 0.0368. The Morgan fingerprint density at radius 2 is 1.82 bits per heavy atom. The highest BCUT2D eigenvalue weighted by atomic mass is 32.1. The van der Waals surface area contributed by atoms with E-state index < -0.39 is 0 Å². The summed E-state index contributed by atoms with van der Waals surface area (Å²) in [6, 6.07) is 17.6. The Balaban J connectivity index is 1.33. The van der Waals surface area contributed by atoms with E-state index >= 15 is 0 Å². The van der Waals surface area contributed by atoms with Crippen LogP contribution >= 0.6 is 11.3 Å². The van der Waals surface area contributed by atoms with Crippen LogP contribution in [0.25, 0.3) is 10.6 Å². The molecule has 172 valence electrons. The molecule has 1 N–H and O–H groups in total. The van der Waals surface area contributed by atoms with Crippen molar-refractivity contribution in [2.24, 2.45) is 0 Å². The highest BCUT2D eigenvalue weighted by Crippen LogP contribution is 2.32. The molecule has 2 heterocycles. The lowest BCUT2D eigenvalue weighted by Crippen LogP contribution is -2.47. The number of rotatable bonds is 7. The topological polar surface area (TPSA) is 71.5 Å². The molecule has 1 atom stereocenters. The number of ether oxygens (including phenoxy) is 1. The van der Waals surface area contributed by atoms with Crippen LogP contribution in [-0.4, -0.2) is 47.9 Å². The first-order chi connectivity index (χ1) is 16.1. The minimum atomic E-state index is -0.173. The standard InChI is InChI=1S/C26H29N3O3S/c1-3-20(18-9-5-4-6-10-18)26(31)29-15-13-19(14-16-29)27-24(30)22-17-33-25(28-22)21-11-7-8-12-23(21)32-2/h4-12,17,19-20H,3,13-16H2,1-2H3,(H,27,30). The zero-order valence-corrected chi connectivity index (χ0v) is 19.8. The van der Waals surface area contributed by atoms with Gasteiger partial charge in [0.2, 0.25) is 5.91 Å². The molecule has 0 radical (unpaired) electrons. The van der Waals surface area contributed by atoms with Crippen molar-refractivity contribution in [3.8, 4) is 16.3 Å². The van der Waals surface area contributed by atoms with E-state index in [1.807, 2.05) is 59.5 Å². The summed E-state index contributed by atoms with van der Waals surface area (Å²) in [4.78, 5) is 32.3. The van der Waals surface area contributed by atoms with Gasteiger partial charge in [0.1, 0.15) is 16.5 Å². The number of nitrogens with one attached hydrogen (secondary N) is 1. The van der Waals surface area contributed by atoms with Crippen molar-refractivity contribution in [1.29, 1.82) is 0 Å². The summed E-state index contributed by atoms with van der Waals surface area (Å²) in [5, 5.41) is 5.63. The smallest absolute Gasteiger partial charge is 0.270 e. The van der Waals surface area contributed by atoms with E-state index in [1.165, 1.54) is 11.3 Å². The van der Waals surface area contributed by atoms with Gasteiger partial charge in [0.05, 0.1) is 18.6 Å². The zero-order valence-electron chi connectivity index (χ0n) is 19.0. The number of hydrogen-bond donors (Lipinski definition) is 1. The van der Waals surface area contributed by atoms with E-state index in [2.05, 4.69) is 17.2 Å². The molecule has 1 unspecified atom stereocenters. The Labute approximate surface area is 198 Å². The average molecular weight is 464 g/mol. The number of amides is 2. The summed E-state index contributed by atoms with van der Waals surface area (Å²) in [6.45, 7) is 3.35. The molecule has 0 bridgehead atoms. The van der Waals surface area contributed by atoms with E-state index in [-0.39, 0.29) is 23.8 Å². The van der Waals surface area contributed by atoms with Gasteiger partial charge in [0.15, 0.2) is 0 Å². The van der Waals surface area contributed by atoms with Gasteiger partial charge >= 0.3 is 0 Å². The first-order valence-electron chi connectivity index (χ1n) is 11.3. The Morgan fingerprint density at radius 1 is 1.12 bits per heavy atom. The monoisotopic (exact) mass is 463 g/mol. The third-order valence-corrected chi connectivity index (χ3v) is 7.00. The number of hydrogen-bond acceptors (Lipinski definition) is 5. The third-order valence-electron chi connectivity index (χ3n) is 6.12. The second-order valence-electron chi connectivity index (χ2n) is 8.18. The fourth-order valence-corrected chi connectivity index (χ4v) is 5.11. The van der Waals surface area contributed by atoms with Crippen molar-refractivity contribution in [1.82, 2.24) is 15.2 Å². The van der Waals surface area contributed by atoms with Gasteiger partial charge in [-0.1, -0.05) is 49.4 Å². The number of para-hydroxylation sites is 1. The highest BCUT2D eigenvalue weighted by Gasteiger charge is 2.29. The van der Waals surface area contributed by atoms with Crippen LogP contribution in [0.2, 0.25) is 0 Å². The number of aromatic nitrogens is 1. The van der Waals surface area contributed by atoms with Crippen LogP contribution in [0.3, 0.4) is 0 Å². The molecule has 33 heavy (non-hydrogen) atoms. The number of likely N-dealkylation sites (tertiary alicyclic amines) is 1. The largest absolute Gasteiger partial charge is 0.496 e. The quantitative estimate of drug-likeness (QED) is 0.550. The number of nitrogens with zero attached hydrogens (tertiary/aromatic N) is 2. The normalized spacial score (nSPS) is 15.2.